The van der Waals surface area contributed by atoms with Crippen molar-refractivity contribution in [1.82, 2.24) is 0 Å². The maximum atomic E-state index is 11.3. The van der Waals surface area contributed by atoms with Crippen molar-refractivity contribution in [2.45, 2.75) is 19.2 Å². The van der Waals surface area contributed by atoms with E-state index in [4.69, 9.17) is 15.3 Å². The minimum Gasteiger partial charge on any atom is -0.392 e. The lowest BCUT2D eigenvalue weighted by molar-refractivity contribution is 0.255. The zero-order valence-electron chi connectivity index (χ0n) is 8.32. The van der Waals surface area contributed by atoms with Crippen molar-refractivity contribution in [3.63, 3.8) is 0 Å². The van der Waals surface area contributed by atoms with Gasteiger partial charge in [0.15, 0.2) is 9.84 Å². The van der Waals surface area contributed by atoms with Crippen LogP contribution in [-0.4, -0.2) is 41.2 Å². The molecule has 1 atom stereocenters. The third-order valence-corrected chi connectivity index (χ3v) is 5.06. The number of terminal acetylenes is 1. The van der Waals surface area contributed by atoms with Gasteiger partial charge < -0.3 is 8.85 Å². The Morgan fingerprint density at radius 2 is 2.21 bits per heavy atom. The molecule has 1 unspecified atom stereocenters. The van der Waals surface area contributed by atoms with Gasteiger partial charge in [-0.3, -0.25) is 0 Å². The summed E-state index contributed by atoms with van der Waals surface area (Å²) >= 11 is 0. The minimum absolute atomic E-state index is 0.0341. The first-order valence-electron chi connectivity index (χ1n) is 4.30. The molecule has 1 saturated heterocycles. The average molecular weight is 234 g/mol. The maximum absolute atomic E-state index is 11.3. The highest BCUT2D eigenvalue weighted by molar-refractivity contribution is 7.91. The Morgan fingerprint density at radius 3 is 2.64 bits per heavy atom. The van der Waals surface area contributed by atoms with E-state index in [1.807, 2.05) is 13.1 Å². The SMILES string of the molecule is C#CCS(=O)(=O)CC1CO[Si](C)(C)O1. The molecule has 1 heterocycles. The largest absolute Gasteiger partial charge is 0.392 e. The van der Waals surface area contributed by atoms with E-state index in [1.54, 1.807) is 0 Å². The number of rotatable bonds is 3. The van der Waals surface area contributed by atoms with Crippen molar-refractivity contribution in [3.05, 3.63) is 0 Å². The Balaban J connectivity index is 2.52. The van der Waals surface area contributed by atoms with E-state index in [2.05, 4.69) is 5.92 Å². The Kier molecular flexibility index (Phi) is 3.37. The molecular weight excluding hydrogens is 220 g/mol. The first-order valence-corrected chi connectivity index (χ1v) is 8.94. The van der Waals surface area contributed by atoms with Crippen LogP contribution in [0.4, 0.5) is 0 Å². The first-order chi connectivity index (χ1) is 6.35. The molecule has 0 aromatic heterocycles. The molecule has 0 saturated carbocycles. The third-order valence-electron chi connectivity index (χ3n) is 1.81. The molecule has 0 spiro atoms. The Morgan fingerprint density at radius 1 is 1.57 bits per heavy atom. The van der Waals surface area contributed by atoms with Gasteiger partial charge in [-0.25, -0.2) is 8.42 Å². The molecule has 1 rings (SSSR count). The molecule has 0 aromatic rings. The zero-order chi connectivity index (χ0) is 10.8. The van der Waals surface area contributed by atoms with Crippen LogP contribution in [0.2, 0.25) is 13.1 Å². The average Bonchev–Trinajstić information content (AvgIpc) is 2.28. The fourth-order valence-corrected chi connectivity index (χ4v) is 4.15. The molecule has 0 aromatic carbocycles. The molecule has 1 aliphatic heterocycles. The molecule has 80 valence electrons. The fourth-order valence-electron chi connectivity index (χ4n) is 1.31. The summed E-state index contributed by atoms with van der Waals surface area (Å²) in [6, 6.07) is 0. The van der Waals surface area contributed by atoms with Crippen LogP contribution in [0.3, 0.4) is 0 Å². The van der Waals surface area contributed by atoms with Crippen molar-refractivity contribution in [2.24, 2.45) is 0 Å². The number of hydrogen-bond donors (Lipinski definition) is 0. The number of hydrogen-bond acceptors (Lipinski definition) is 4. The van der Waals surface area contributed by atoms with Crippen LogP contribution in [0.15, 0.2) is 0 Å². The predicted octanol–water partition coefficient (Wildman–Crippen LogP) is 0.152. The van der Waals surface area contributed by atoms with Gasteiger partial charge in [0.1, 0.15) is 5.75 Å². The van der Waals surface area contributed by atoms with Crippen molar-refractivity contribution in [1.29, 1.82) is 0 Å². The highest BCUT2D eigenvalue weighted by Crippen LogP contribution is 2.19. The molecule has 4 nitrogen and oxygen atoms in total. The third kappa shape index (κ3) is 3.42. The van der Waals surface area contributed by atoms with E-state index in [-0.39, 0.29) is 17.6 Å². The van der Waals surface area contributed by atoms with E-state index in [0.29, 0.717) is 6.61 Å². The summed E-state index contributed by atoms with van der Waals surface area (Å²) in [6.07, 6.45) is 4.61. The molecule has 0 N–H and O–H groups in total. The van der Waals surface area contributed by atoms with Gasteiger partial charge in [-0.2, -0.15) is 0 Å². The lowest BCUT2D eigenvalue weighted by Crippen LogP contribution is -2.31. The van der Waals surface area contributed by atoms with Crippen LogP contribution < -0.4 is 0 Å². The summed E-state index contributed by atoms with van der Waals surface area (Å²) in [4.78, 5) is 0. The summed E-state index contributed by atoms with van der Waals surface area (Å²) in [7, 11) is -5.23. The first kappa shape index (κ1) is 11.7. The van der Waals surface area contributed by atoms with Gasteiger partial charge in [0, 0.05) is 0 Å². The lowest BCUT2D eigenvalue weighted by Gasteiger charge is -2.13. The second-order valence-corrected chi connectivity index (χ2v) is 9.14. The summed E-state index contributed by atoms with van der Waals surface area (Å²) in [5.41, 5.74) is 0. The smallest absolute Gasteiger partial charge is 0.332 e. The van der Waals surface area contributed by atoms with Gasteiger partial charge in [0.05, 0.1) is 18.5 Å². The normalized spacial score (nSPS) is 25.9. The fraction of sp³-hybridized carbons (Fsp3) is 0.750. The molecule has 0 radical (unpaired) electrons. The van der Waals surface area contributed by atoms with E-state index in [1.165, 1.54) is 0 Å². The van der Waals surface area contributed by atoms with Crippen molar-refractivity contribution < 1.29 is 17.3 Å². The summed E-state index contributed by atoms with van der Waals surface area (Å²) < 4.78 is 33.5. The van der Waals surface area contributed by atoms with Crippen molar-refractivity contribution in [2.75, 3.05) is 18.1 Å². The Hall–Kier alpha value is -0.353. The molecule has 0 aliphatic carbocycles. The van der Waals surface area contributed by atoms with Crippen molar-refractivity contribution >= 4 is 18.4 Å². The van der Waals surface area contributed by atoms with Gasteiger partial charge in [-0.05, 0) is 13.1 Å². The maximum Gasteiger partial charge on any atom is 0.332 e. The lowest BCUT2D eigenvalue weighted by atomic mass is 10.4. The number of sulfone groups is 1. The second kappa shape index (κ2) is 4.02. The molecule has 1 aliphatic rings. The monoisotopic (exact) mass is 234 g/mol. The van der Waals surface area contributed by atoms with Crippen LogP contribution in [0, 0.1) is 12.3 Å². The van der Waals surface area contributed by atoms with Gasteiger partial charge in [-0.1, -0.05) is 5.92 Å². The minimum atomic E-state index is -3.18. The quantitative estimate of drug-likeness (QED) is 0.515. The molecule has 14 heavy (non-hydrogen) atoms. The predicted molar refractivity (Wildman–Crippen MR) is 55.8 cm³/mol. The highest BCUT2D eigenvalue weighted by Gasteiger charge is 2.37. The molecule has 0 bridgehead atoms. The van der Waals surface area contributed by atoms with E-state index in [0.717, 1.165) is 0 Å². The van der Waals surface area contributed by atoms with Gasteiger partial charge in [0.2, 0.25) is 0 Å². The van der Waals surface area contributed by atoms with Crippen LogP contribution >= 0.6 is 0 Å². The van der Waals surface area contributed by atoms with E-state index >= 15 is 0 Å². The van der Waals surface area contributed by atoms with Crippen LogP contribution in [0.1, 0.15) is 0 Å². The second-order valence-electron chi connectivity index (χ2n) is 3.71. The standard InChI is InChI=1S/C8H14O4SSi/c1-4-5-13(9,10)7-8-6-11-14(2,3)12-8/h1,8H,5-7H2,2-3H3. The van der Waals surface area contributed by atoms with Gasteiger partial charge in [-0.15, -0.1) is 6.42 Å². The summed E-state index contributed by atoms with van der Waals surface area (Å²) in [5, 5.41) is 0. The Bertz CT molecular complexity index is 341. The molecule has 1 fully saturated rings. The summed E-state index contributed by atoms with van der Waals surface area (Å²) in [5.74, 6) is 1.87. The summed E-state index contributed by atoms with van der Waals surface area (Å²) in [6.45, 7) is 4.14. The zero-order valence-corrected chi connectivity index (χ0v) is 10.1. The van der Waals surface area contributed by atoms with E-state index in [9.17, 15) is 8.42 Å². The van der Waals surface area contributed by atoms with Crippen molar-refractivity contribution in [3.8, 4) is 12.3 Å². The van der Waals surface area contributed by atoms with Crippen LogP contribution in [0.5, 0.6) is 0 Å². The van der Waals surface area contributed by atoms with E-state index < -0.39 is 18.4 Å². The Labute approximate surface area is 85.8 Å². The molecule has 6 heteroatoms. The highest BCUT2D eigenvalue weighted by atomic mass is 32.2. The molecule has 0 amide bonds. The van der Waals surface area contributed by atoms with Gasteiger partial charge >= 0.3 is 8.56 Å². The topological polar surface area (TPSA) is 52.6 Å². The van der Waals surface area contributed by atoms with Gasteiger partial charge in [0.25, 0.3) is 0 Å². The molecular formula is C8H14O4SSi. The van der Waals surface area contributed by atoms with Crippen LogP contribution in [0.25, 0.3) is 0 Å². The van der Waals surface area contributed by atoms with Crippen LogP contribution in [-0.2, 0) is 18.7 Å².